The largest absolute Gasteiger partial charge is 0.468 e. The number of amidine groups is 1. The van der Waals surface area contributed by atoms with Crippen molar-refractivity contribution in [2.75, 3.05) is 25.1 Å². The molecular weight excluding hydrogens is 483 g/mol. The Morgan fingerprint density at radius 2 is 1.89 bits per heavy atom. The van der Waals surface area contributed by atoms with Gasteiger partial charge in [0.1, 0.15) is 17.5 Å². The van der Waals surface area contributed by atoms with E-state index in [4.69, 9.17) is 4.74 Å². The van der Waals surface area contributed by atoms with Crippen LogP contribution in [0.25, 0.3) is 10.9 Å². The Balaban J connectivity index is 0.000000598. The molecule has 0 amide bonds. The van der Waals surface area contributed by atoms with Crippen LogP contribution in [0, 0.1) is 11.7 Å². The van der Waals surface area contributed by atoms with Crippen molar-refractivity contribution in [3.63, 3.8) is 0 Å². The third kappa shape index (κ3) is 8.44. The Morgan fingerprint density at radius 1 is 1.18 bits per heavy atom. The quantitative estimate of drug-likeness (QED) is 0.240. The van der Waals surface area contributed by atoms with Crippen molar-refractivity contribution in [2.45, 2.75) is 59.5 Å². The highest BCUT2D eigenvalue weighted by atomic mass is 19.1. The number of hydrogen-bond donors (Lipinski definition) is 4. The van der Waals surface area contributed by atoms with E-state index in [2.05, 4.69) is 68.2 Å². The lowest BCUT2D eigenvalue weighted by atomic mass is 10.1. The minimum atomic E-state index is -0.408. The van der Waals surface area contributed by atoms with Crippen molar-refractivity contribution in [3.05, 3.63) is 54.4 Å². The summed E-state index contributed by atoms with van der Waals surface area (Å²) in [6, 6.07) is 7.42. The molecule has 1 saturated carbocycles. The average molecular weight is 525 g/mol. The second kappa shape index (κ2) is 14.3. The molecule has 1 aromatic carbocycles. The number of fused-ring (bicyclic) bond motifs is 1. The van der Waals surface area contributed by atoms with E-state index in [9.17, 15) is 4.39 Å². The van der Waals surface area contributed by atoms with Crippen LogP contribution >= 0.6 is 0 Å². The summed E-state index contributed by atoms with van der Waals surface area (Å²) in [4.78, 5) is 13.8. The average Bonchev–Trinajstić information content (AvgIpc) is 3.33. The predicted octanol–water partition coefficient (Wildman–Crippen LogP) is 5.54. The predicted molar refractivity (Wildman–Crippen MR) is 154 cm³/mol. The first-order valence-electron chi connectivity index (χ1n) is 13.3. The van der Waals surface area contributed by atoms with Gasteiger partial charge in [-0.25, -0.2) is 14.4 Å². The fourth-order valence-electron chi connectivity index (χ4n) is 3.98. The number of piperazine rings is 1. The maximum Gasteiger partial charge on any atom is 0.181 e. The van der Waals surface area contributed by atoms with Crippen LogP contribution in [0.4, 0.5) is 10.2 Å². The molecule has 0 bridgehead atoms. The monoisotopic (exact) mass is 524 g/mol. The number of aromatic nitrogens is 3. The van der Waals surface area contributed by atoms with Gasteiger partial charge in [0.2, 0.25) is 0 Å². The molecule has 10 heteroatoms. The number of benzene rings is 1. The van der Waals surface area contributed by atoms with Crippen molar-refractivity contribution < 1.29 is 9.13 Å². The van der Waals surface area contributed by atoms with Crippen LogP contribution in [-0.2, 0) is 0 Å². The minimum absolute atomic E-state index is 0.0418. The first-order chi connectivity index (χ1) is 18.4. The van der Waals surface area contributed by atoms with Gasteiger partial charge < -0.3 is 25.3 Å². The second-order valence-electron chi connectivity index (χ2n) is 9.45. The summed E-state index contributed by atoms with van der Waals surface area (Å²) in [5.74, 6) is 2.69. The Hall–Kier alpha value is -3.66. The SMILES string of the molecule is C=N/C(=C\C(=N/COc1ccc2[nH]ccc2c1F)N1CC(C)NC(C)C1)Nc1ccn[nH]1.CC.CC1CC1. The molecule has 206 valence electrons. The van der Waals surface area contributed by atoms with Gasteiger partial charge in [-0.05, 0) is 44.7 Å². The summed E-state index contributed by atoms with van der Waals surface area (Å²) in [5.41, 5.74) is 0.720. The Labute approximate surface area is 224 Å². The number of H-pyrrole nitrogens is 2. The number of halogens is 1. The molecule has 2 fully saturated rings. The summed E-state index contributed by atoms with van der Waals surface area (Å²) in [7, 11) is 0. The van der Waals surface area contributed by atoms with E-state index in [0.717, 1.165) is 24.5 Å². The molecule has 3 heterocycles. The standard InChI is InChI=1S/C22H27FN8O.C4H8.C2H6/c1-14-11-31(12-15(2)28-14)21(10-20(24-3)29-19-7-9-27-30-19)26-13-32-18-5-4-17-16(22(18)23)6-8-25-17;1-4-2-3-4;1-2/h4-10,14-15,25,28H,3,11-13H2,1-2H3,(H2,27,29,30);4H,2-3H2,1H3;1-2H3/b20-10+,26-21+;;. The smallest absolute Gasteiger partial charge is 0.181 e. The molecule has 3 aromatic rings. The Kier molecular flexibility index (Phi) is 10.9. The lowest BCUT2D eigenvalue weighted by molar-refractivity contribution is 0.251. The molecule has 4 N–H and O–H groups in total. The zero-order chi connectivity index (χ0) is 27.5. The highest BCUT2D eigenvalue weighted by Crippen LogP contribution is 2.27. The Bertz CT molecular complexity index is 1190. The maximum atomic E-state index is 14.7. The molecule has 2 atom stereocenters. The van der Waals surface area contributed by atoms with E-state index in [-0.39, 0.29) is 24.6 Å². The van der Waals surface area contributed by atoms with E-state index < -0.39 is 5.82 Å². The molecule has 9 nitrogen and oxygen atoms in total. The summed E-state index contributed by atoms with van der Waals surface area (Å²) in [6.45, 7) is 15.7. The normalized spacial score (nSPS) is 19.7. The highest BCUT2D eigenvalue weighted by molar-refractivity contribution is 5.94. The van der Waals surface area contributed by atoms with E-state index in [1.165, 1.54) is 12.8 Å². The van der Waals surface area contributed by atoms with Gasteiger partial charge in [0.05, 0.1) is 6.20 Å². The number of ether oxygens (including phenoxy) is 1. The van der Waals surface area contributed by atoms with Crippen LogP contribution in [0.1, 0.15) is 47.5 Å². The lowest BCUT2D eigenvalue weighted by Gasteiger charge is -2.37. The van der Waals surface area contributed by atoms with Gasteiger partial charge in [0.25, 0.3) is 0 Å². The van der Waals surface area contributed by atoms with E-state index in [1.807, 2.05) is 13.8 Å². The number of anilines is 1. The fourth-order valence-corrected chi connectivity index (χ4v) is 3.98. The molecule has 2 aliphatic rings. The fraction of sp³-hybridized carbons (Fsp3) is 0.464. The number of nitrogens with zero attached hydrogens (tertiary/aromatic N) is 4. The van der Waals surface area contributed by atoms with Crippen LogP contribution < -0.4 is 15.4 Å². The molecule has 5 rings (SSSR count). The van der Waals surface area contributed by atoms with Gasteiger partial charge in [0, 0.05) is 54.4 Å². The van der Waals surface area contributed by atoms with Gasteiger partial charge >= 0.3 is 0 Å². The lowest BCUT2D eigenvalue weighted by Crippen LogP contribution is -2.55. The number of aromatic amines is 2. The molecule has 1 saturated heterocycles. The summed E-state index contributed by atoms with van der Waals surface area (Å²) >= 11 is 0. The number of hydrogen-bond acceptors (Lipinski definition) is 6. The third-order valence-corrected chi connectivity index (χ3v) is 6.03. The third-order valence-electron chi connectivity index (χ3n) is 6.03. The summed E-state index contributed by atoms with van der Waals surface area (Å²) < 4.78 is 20.4. The topological polar surface area (TPSA) is 106 Å². The van der Waals surface area contributed by atoms with Crippen molar-refractivity contribution in [3.8, 4) is 5.75 Å². The Morgan fingerprint density at radius 3 is 2.50 bits per heavy atom. The summed E-state index contributed by atoms with van der Waals surface area (Å²) in [6.07, 6.45) is 8.11. The number of aliphatic imine (C=N–C) groups is 2. The zero-order valence-electron chi connectivity index (χ0n) is 23.1. The summed E-state index contributed by atoms with van der Waals surface area (Å²) in [5, 5.41) is 13.9. The molecule has 38 heavy (non-hydrogen) atoms. The molecule has 2 aromatic heterocycles. The first-order valence-corrected chi connectivity index (χ1v) is 13.3. The molecular formula is C28H41FN8O. The van der Waals surface area contributed by atoms with E-state index >= 15 is 0 Å². The van der Waals surface area contributed by atoms with Gasteiger partial charge in [0.15, 0.2) is 18.3 Å². The van der Waals surface area contributed by atoms with Crippen LogP contribution in [0.15, 0.2) is 58.5 Å². The minimum Gasteiger partial charge on any atom is -0.468 e. The number of nitrogens with one attached hydrogen (secondary N) is 4. The highest BCUT2D eigenvalue weighted by Gasteiger charge is 2.23. The molecule has 0 radical (unpaired) electrons. The van der Waals surface area contributed by atoms with Crippen LogP contribution in [0.5, 0.6) is 5.75 Å². The van der Waals surface area contributed by atoms with Gasteiger partial charge in [-0.1, -0.05) is 33.6 Å². The van der Waals surface area contributed by atoms with Crippen LogP contribution in [0.2, 0.25) is 0 Å². The van der Waals surface area contributed by atoms with Crippen LogP contribution in [0.3, 0.4) is 0 Å². The number of rotatable bonds is 7. The van der Waals surface area contributed by atoms with Crippen molar-refractivity contribution in [1.82, 2.24) is 25.4 Å². The van der Waals surface area contributed by atoms with Gasteiger partial charge in [-0.2, -0.15) is 5.10 Å². The van der Waals surface area contributed by atoms with Crippen molar-refractivity contribution in [2.24, 2.45) is 15.9 Å². The van der Waals surface area contributed by atoms with E-state index in [0.29, 0.717) is 22.9 Å². The molecule has 2 unspecified atom stereocenters. The van der Waals surface area contributed by atoms with Crippen LogP contribution in [-0.4, -0.2) is 64.5 Å². The maximum absolute atomic E-state index is 14.7. The molecule has 0 spiro atoms. The van der Waals surface area contributed by atoms with Crippen molar-refractivity contribution in [1.29, 1.82) is 0 Å². The molecule has 1 aliphatic heterocycles. The van der Waals surface area contributed by atoms with Gasteiger partial charge in [-0.15, -0.1) is 0 Å². The second-order valence-corrected chi connectivity index (χ2v) is 9.45. The van der Waals surface area contributed by atoms with Crippen molar-refractivity contribution >= 4 is 29.3 Å². The van der Waals surface area contributed by atoms with E-state index in [1.54, 1.807) is 42.7 Å². The molecule has 1 aliphatic carbocycles. The van der Waals surface area contributed by atoms with Gasteiger partial charge in [-0.3, -0.25) is 5.10 Å². The first kappa shape index (κ1) is 28.9. The zero-order valence-corrected chi connectivity index (χ0v) is 23.1.